The van der Waals surface area contributed by atoms with Crippen molar-refractivity contribution in [1.82, 2.24) is 25.1 Å². The molecule has 0 saturated carbocycles. The maximum Gasteiger partial charge on any atom is 0.255 e. The molecule has 11 heteroatoms. The number of aliphatic hydroxyl groups is 1. The standard InChI is InChI=1S/C24H21ClN6O4/c1-14-9-26-24(28-18-5-6-20-21(8-18)35-13-34-20)30-22(14)31-11-16(10-27-31)23(33)29-19(12-32)15-3-2-4-17(25)7-15/h2-11,19,32H,12-13H2,1H3,(H,29,33)(H,26,28,30). The third kappa shape index (κ3) is 4.88. The smallest absolute Gasteiger partial charge is 0.255 e. The van der Waals surface area contributed by atoms with Gasteiger partial charge in [-0.15, -0.1) is 0 Å². The topological polar surface area (TPSA) is 123 Å². The van der Waals surface area contributed by atoms with E-state index < -0.39 is 6.04 Å². The molecule has 4 aromatic rings. The number of aryl methyl sites for hydroxylation is 1. The zero-order valence-corrected chi connectivity index (χ0v) is 19.4. The molecular weight excluding hydrogens is 472 g/mol. The van der Waals surface area contributed by atoms with E-state index in [1.165, 1.54) is 10.9 Å². The number of fused-ring (bicyclic) bond motifs is 1. The molecule has 0 saturated heterocycles. The molecule has 5 rings (SSSR count). The average Bonchev–Trinajstić information content (AvgIpc) is 3.53. The molecule has 1 aliphatic heterocycles. The van der Waals surface area contributed by atoms with Crippen LogP contribution in [0.3, 0.4) is 0 Å². The van der Waals surface area contributed by atoms with E-state index in [9.17, 15) is 9.90 Å². The minimum atomic E-state index is -0.608. The number of nitrogens with zero attached hydrogens (tertiary/aromatic N) is 4. The molecule has 2 aromatic carbocycles. The van der Waals surface area contributed by atoms with Crippen LogP contribution in [0, 0.1) is 6.92 Å². The number of hydrogen-bond donors (Lipinski definition) is 3. The van der Waals surface area contributed by atoms with Gasteiger partial charge in [0, 0.05) is 34.7 Å². The highest BCUT2D eigenvalue weighted by atomic mass is 35.5. The van der Waals surface area contributed by atoms with Gasteiger partial charge in [0.25, 0.3) is 5.91 Å². The molecule has 1 amide bonds. The lowest BCUT2D eigenvalue weighted by Gasteiger charge is -2.16. The Morgan fingerprint density at radius 3 is 2.89 bits per heavy atom. The second-order valence-corrected chi connectivity index (χ2v) is 8.27. The average molecular weight is 493 g/mol. The first-order valence-corrected chi connectivity index (χ1v) is 11.1. The Morgan fingerprint density at radius 2 is 2.06 bits per heavy atom. The van der Waals surface area contributed by atoms with Crippen molar-refractivity contribution in [3.63, 3.8) is 0 Å². The maximum atomic E-state index is 12.8. The van der Waals surface area contributed by atoms with Crippen LogP contribution >= 0.6 is 11.6 Å². The lowest BCUT2D eigenvalue weighted by Crippen LogP contribution is -2.30. The minimum Gasteiger partial charge on any atom is -0.454 e. The number of hydrogen-bond acceptors (Lipinski definition) is 8. The van der Waals surface area contributed by atoms with Gasteiger partial charge in [-0.05, 0) is 36.8 Å². The molecule has 0 fully saturated rings. The second-order valence-electron chi connectivity index (χ2n) is 7.83. The minimum absolute atomic E-state index is 0.192. The van der Waals surface area contributed by atoms with Gasteiger partial charge >= 0.3 is 0 Å². The zero-order chi connectivity index (χ0) is 24.4. The monoisotopic (exact) mass is 492 g/mol. The Hall–Kier alpha value is -4.15. The van der Waals surface area contributed by atoms with Crippen LogP contribution in [0.2, 0.25) is 5.02 Å². The molecule has 0 radical (unpaired) electrons. The first-order chi connectivity index (χ1) is 17.0. The van der Waals surface area contributed by atoms with Crippen molar-refractivity contribution >= 4 is 29.1 Å². The second kappa shape index (κ2) is 9.61. The van der Waals surface area contributed by atoms with Crippen LogP contribution in [0.5, 0.6) is 11.5 Å². The molecule has 1 atom stereocenters. The number of carbonyl (C=O) groups excluding carboxylic acids is 1. The summed E-state index contributed by atoms with van der Waals surface area (Å²) in [7, 11) is 0. The van der Waals surface area contributed by atoms with Gasteiger partial charge in [-0.2, -0.15) is 10.1 Å². The number of aromatic nitrogens is 4. The van der Waals surface area contributed by atoms with E-state index in [1.54, 1.807) is 48.8 Å². The number of benzene rings is 2. The van der Waals surface area contributed by atoms with E-state index in [0.29, 0.717) is 39.4 Å². The number of ether oxygens (including phenoxy) is 2. The molecule has 1 unspecified atom stereocenters. The lowest BCUT2D eigenvalue weighted by atomic mass is 10.1. The fourth-order valence-corrected chi connectivity index (χ4v) is 3.78. The van der Waals surface area contributed by atoms with Crippen LogP contribution in [-0.2, 0) is 0 Å². The Morgan fingerprint density at radius 1 is 1.20 bits per heavy atom. The Bertz CT molecular complexity index is 1390. The van der Waals surface area contributed by atoms with Crippen molar-refractivity contribution in [1.29, 1.82) is 0 Å². The molecule has 1 aliphatic rings. The molecule has 178 valence electrons. The molecule has 10 nitrogen and oxygen atoms in total. The van der Waals surface area contributed by atoms with Crippen LogP contribution < -0.4 is 20.1 Å². The summed E-state index contributed by atoms with van der Waals surface area (Å²) >= 11 is 6.04. The summed E-state index contributed by atoms with van der Waals surface area (Å²) in [6.45, 7) is 1.76. The quantitative estimate of drug-likeness (QED) is 0.358. The number of aliphatic hydroxyl groups excluding tert-OH is 1. The van der Waals surface area contributed by atoms with Gasteiger partial charge < -0.3 is 25.2 Å². The highest BCUT2D eigenvalue weighted by Gasteiger charge is 2.18. The van der Waals surface area contributed by atoms with Crippen molar-refractivity contribution in [2.75, 3.05) is 18.7 Å². The highest BCUT2D eigenvalue weighted by molar-refractivity contribution is 6.30. The summed E-state index contributed by atoms with van der Waals surface area (Å²) in [5, 5.41) is 20.5. The van der Waals surface area contributed by atoms with Crippen LogP contribution in [0.1, 0.15) is 27.5 Å². The van der Waals surface area contributed by atoms with Gasteiger partial charge in [0.05, 0.1) is 24.4 Å². The number of nitrogens with one attached hydrogen (secondary N) is 2. The van der Waals surface area contributed by atoms with E-state index in [-0.39, 0.29) is 19.3 Å². The largest absolute Gasteiger partial charge is 0.454 e. The van der Waals surface area contributed by atoms with Crippen molar-refractivity contribution in [2.24, 2.45) is 0 Å². The third-order valence-corrected chi connectivity index (χ3v) is 5.61. The van der Waals surface area contributed by atoms with Gasteiger partial charge in [0.15, 0.2) is 17.3 Å². The summed E-state index contributed by atoms with van der Waals surface area (Å²) in [6, 6.07) is 11.8. The van der Waals surface area contributed by atoms with E-state index in [1.807, 2.05) is 13.0 Å². The van der Waals surface area contributed by atoms with Crippen LogP contribution in [-0.4, -0.2) is 44.2 Å². The van der Waals surface area contributed by atoms with Gasteiger partial charge in [-0.1, -0.05) is 23.7 Å². The lowest BCUT2D eigenvalue weighted by molar-refractivity contribution is 0.0916. The van der Waals surface area contributed by atoms with E-state index in [0.717, 1.165) is 11.3 Å². The predicted octanol–water partition coefficient (Wildman–Crippen LogP) is 3.56. The molecule has 0 aliphatic carbocycles. The fourth-order valence-electron chi connectivity index (χ4n) is 3.58. The van der Waals surface area contributed by atoms with E-state index >= 15 is 0 Å². The molecule has 35 heavy (non-hydrogen) atoms. The summed E-state index contributed by atoms with van der Waals surface area (Å²) in [5.74, 6) is 1.80. The Labute approximate surface area is 205 Å². The van der Waals surface area contributed by atoms with E-state index in [4.69, 9.17) is 21.1 Å². The fraction of sp³-hybridized carbons (Fsp3) is 0.167. The number of carbonyl (C=O) groups is 1. The predicted molar refractivity (Wildman–Crippen MR) is 128 cm³/mol. The summed E-state index contributed by atoms with van der Waals surface area (Å²) in [4.78, 5) is 21.7. The van der Waals surface area contributed by atoms with Gasteiger partial charge in [0.1, 0.15) is 0 Å². The van der Waals surface area contributed by atoms with Crippen molar-refractivity contribution < 1.29 is 19.4 Å². The molecular formula is C24H21ClN6O4. The highest BCUT2D eigenvalue weighted by Crippen LogP contribution is 2.34. The summed E-state index contributed by atoms with van der Waals surface area (Å²) in [5.41, 5.74) is 2.52. The number of halogens is 1. The van der Waals surface area contributed by atoms with Crippen molar-refractivity contribution in [3.05, 3.63) is 82.8 Å². The van der Waals surface area contributed by atoms with Crippen LogP contribution in [0.15, 0.2) is 61.1 Å². The molecule has 3 N–H and O–H groups in total. The van der Waals surface area contributed by atoms with Crippen LogP contribution in [0.25, 0.3) is 5.82 Å². The molecule has 3 heterocycles. The van der Waals surface area contributed by atoms with Gasteiger partial charge in [0.2, 0.25) is 12.7 Å². The summed E-state index contributed by atoms with van der Waals surface area (Å²) in [6.07, 6.45) is 4.68. The molecule has 2 aromatic heterocycles. The number of anilines is 2. The third-order valence-electron chi connectivity index (χ3n) is 5.37. The first kappa shape index (κ1) is 22.6. The number of rotatable bonds is 7. The zero-order valence-electron chi connectivity index (χ0n) is 18.6. The summed E-state index contributed by atoms with van der Waals surface area (Å²) < 4.78 is 12.2. The van der Waals surface area contributed by atoms with Crippen molar-refractivity contribution in [3.8, 4) is 17.3 Å². The molecule has 0 spiro atoms. The Balaban J connectivity index is 1.33. The Kier molecular flexibility index (Phi) is 6.21. The van der Waals surface area contributed by atoms with Gasteiger partial charge in [-0.25, -0.2) is 9.67 Å². The van der Waals surface area contributed by atoms with Gasteiger partial charge in [-0.3, -0.25) is 4.79 Å². The van der Waals surface area contributed by atoms with E-state index in [2.05, 4.69) is 25.7 Å². The van der Waals surface area contributed by atoms with Crippen LogP contribution in [0.4, 0.5) is 11.6 Å². The first-order valence-electron chi connectivity index (χ1n) is 10.7. The maximum absolute atomic E-state index is 12.8. The normalized spacial score (nSPS) is 12.9. The molecule has 0 bridgehead atoms. The SMILES string of the molecule is Cc1cnc(Nc2ccc3c(c2)OCO3)nc1-n1cc(C(=O)NC(CO)c2cccc(Cl)c2)cn1. The van der Waals surface area contributed by atoms with Crippen molar-refractivity contribution in [2.45, 2.75) is 13.0 Å². The number of amides is 1.